The van der Waals surface area contributed by atoms with Gasteiger partial charge < -0.3 is 5.32 Å². The number of anilines is 1. The number of nitrogens with one attached hydrogen (secondary N) is 2. The van der Waals surface area contributed by atoms with E-state index in [1.54, 1.807) is 6.92 Å². The summed E-state index contributed by atoms with van der Waals surface area (Å²) < 4.78 is 0. The van der Waals surface area contributed by atoms with Gasteiger partial charge in [-0.25, -0.2) is 5.43 Å². The molecule has 1 aliphatic heterocycles. The van der Waals surface area contributed by atoms with Gasteiger partial charge in [-0.1, -0.05) is 6.07 Å². The average Bonchev–Trinajstić information content (AvgIpc) is 2.78. The highest BCUT2D eigenvalue weighted by atomic mass is 16.6. The minimum atomic E-state index is -0.554. The Morgan fingerprint density at radius 3 is 2.84 bits per heavy atom. The molecule has 98 valence electrons. The lowest BCUT2D eigenvalue weighted by Crippen LogP contribution is -2.22. The van der Waals surface area contributed by atoms with Crippen molar-refractivity contribution in [3.8, 4) is 0 Å². The van der Waals surface area contributed by atoms with Crippen molar-refractivity contribution >= 4 is 28.9 Å². The highest BCUT2D eigenvalue weighted by molar-refractivity contribution is 6.46. The highest BCUT2D eigenvalue weighted by Crippen LogP contribution is 2.22. The minimum Gasteiger partial charge on any atom is -0.320 e. The average molecular weight is 262 g/mol. The van der Waals surface area contributed by atoms with E-state index >= 15 is 0 Å². The monoisotopic (exact) mass is 262 g/mol. The molecule has 8 heteroatoms. The number of nitro groups is 1. The third kappa shape index (κ3) is 2.73. The first kappa shape index (κ1) is 12.7. The number of hydrogen-bond donors (Lipinski definition) is 2. The molecule has 0 bridgehead atoms. The molecule has 0 aromatic heterocycles. The third-order valence-corrected chi connectivity index (χ3v) is 2.59. The summed E-state index contributed by atoms with van der Waals surface area (Å²) in [4.78, 5) is 32.8. The summed E-state index contributed by atoms with van der Waals surface area (Å²) in [7, 11) is 0. The van der Waals surface area contributed by atoms with Gasteiger partial charge in [0.05, 0.1) is 17.0 Å². The number of hydrogen-bond acceptors (Lipinski definition) is 5. The second kappa shape index (κ2) is 4.84. The van der Waals surface area contributed by atoms with Crippen LogP contribution in [0, 0.1) is 17.0 Å². The van der Waals surface area contributed by atoms with Crippen molar-refractivity contribution in [3.63, 3.8) is 0 Å². The lowest BCUT2D eigenvalue weighted by Gasteiger charge is -2.07. The Labute approximate surface area is 107 Å². The molecule has 1 aromatic rings. The molecule has 0 saturated heterocycles. The van der Waals surface area contributed by atoms with E-state index in [1.165, 1.54) is 18.2 Å². The van der Waals surface area contributed by atoms with Gasteiger partial charge in [0, 0.05) is 12.1 Å². The number of benzene rings is 1. The van der Waals surface area contributed by atoms with Crippen molar-refractivity contribution in [3.05, 3.63) is 33.9 Å². The summed E-state index contributed by atoms with van der Waals surface area (Å²) in [6.07, 6.45) is -0.0974. The van der Waals surface area contributed by atoms with E-state index in [1.807, 2.05) is 0 Å². The number of carbonyl (C=O) groups is 2. The van der Waals surface area contributed by atoms with Gasteiger partial charge in [-0.05, 0) is 12.5 Å². The molecule has 8 nitrogen and oxygen atoms in total. The molecule has 0 unspecified atom stereocenters. The Morgan fingerprint density at radius 1 is 1.53 bits per heavy atom. The van der Waals surface area contributed by atoms with Crippen LogP contribution in [0.15, 0.2) is 23.3 Å². The van der Waals surface area contributed by atoms with Crippen LogP contribution in [0.4, 0.5) is 11.4 Å². The first-order valence-corrected chi connectivity index (χ1v) is 5.39. The van der Waals surface area contributed by atoms with Gasteiger partial charge in [0.25, 0.3) is 11.6 Å². The first-order chi connectivity index (χ1) is 8.97. The molecule has 19 heavy (non-hydrogen) atoms. The van der Waals surface area contributed by atoms with Crippen molar-refractivity contribution in [1.82, 2.24) is 5.43 Å². The topological polar surface area (TPSA) is 114 Å². The Kier molecular flexibility index (Phi) is 3.23. The van der Waals surface area contributed by atoms with E-state index in [0.29, 0.717) is 11.3 Å². The Hall–Kier alpha value is -2.77. The number of nitrogens with zero attached hydrogens (tertiary/aromatic N) is 2. The van der Waals surface area contributed by atoms with Crippen LogP contribution in [-0.4, -0.2) is 22.4 Å². The summed E-state index contributed by atoms with van der Waals surface area (Å²) in [6.45, 7) is 1.71. The summed E-state index contributed by atoms with van der Waals surface area (Å²) >= 11 is 0. The van der Waals surface area contributed by atoms with Crippen molar-refractivity contribution in [1.29, 1.82) is 0 Å². The zero-order valence-corrected chi connectivity index (χ0v) is 9.97. The van der Waals surface area contributed by atoms with Crippen molar-refractivity contribution in [2.75, 3.05) is 5.32 Å². The molecule has 0 aliphatic carbocycles. The maximum Gasteiger partial charge on any atom is 0.272 e. The van der Waals surface area contributed by atoms with Crippen LogP contribution in [0.2, 0.25) is 0 Å². The molecule has 1 aromatic carbocycles. The summed E-state index contributed by atoms with van der Waals surface area (Å²) in [6, 6.07) is 4.15. The fourth-order valence-electron chi connectivity index (χ4n) is 1.54. The van der Waals surface area contributed by atoms with E-state index in [-0.39, 0.29) is 23.7 Å². The SMILES string of the molecule is Cc1ccc([N+](=O)[O-])cc1NC(=O)C1=NNC(=O)C1. The number of carbonyl (C=O) groups excluding carboxylic acids is 2. The van der Waals surface area contributed by atoms with Crippen LogP contribution in [0.25, 0.3) is 0 Å². The Bertz CT molecular complexity index is 609. The van der Waals surface area contributed by atoms with Crippen LogP contribution in [0.5, 0.6) is 0 Å². The predicted molar refractivity (Wildman–Crippen MR) is 66.7 cm³/mol. The normalized spacial score (nSPS) is 13.7. The fourth-order valence-corrected chi connectivity index (χ4v) is 1.54. The van der Waals surface area contributed by atoms with Gasteiger partial charge in [-0.2, -0.15) is 5.10 Å². The smallest absolute Gasteiger partial charge is 0.272 e. The number of rotatable bonds is 3. The standard InChI is InChI=1S/C11H10N4O4/c1-6-2-3-7(15(18)19)4-8(6)12-11(17)9-5-10(16)14-13-9/h2-4H,5H2,1H3,(H,12,17)(H,14,16). The van der Waals surface area contributed by atoms with E-state index in [4.69, 9.17) is 0 Å². The lowest BCUT2D eigenvalue weighted by molar-refractivity contribution is -0.384. The zero-order valence-electron chi connectivity index (χ0n) is 9.97. The molecule has 1 aliphatic rings. The fraction of sp³-hybridized carbons (Fsp3) is 0.182. The molecule has 0 saturated carbocycles. The molecular weight excluding hydrogens is 252 g/mol. The first-order valence-electron chi connectivity index (χ1n) is 5.39. The largest absolute Gasteiger partial charge is 0.320 e. The lowest BCUT2D eigenvalue weighted by atomic mass is 10.1. The van der Waals surface area contributed by atoms with Gasteiger partial charge in [-0.15, -0.1) is 0 Å². The van der Waals surface area contributed by atoms with Crippen LogP contribution >= 0.6 is 0 Å². The zero-order chi connectivity index (χ0) is 14.0. The van der Waals surface area contributed by atoms with Crippen molar-refractivity contribution in [2.24, 2.45) is 5.10 Å². The van der Waals surface area contributed by atoms with E-state index in [2.05, 4.69) is 15.8 Å². The minimum absolute atomic E-state index is 0.0518. The van der Waals surface area contributed by atoms with Crippen LogP contribution in [0.1, 0.15) is 12.0 Å². The molecule has 1 heterocycles. The predicted octanol–water partition coefficient (Wildman–Crippen LogP) is 0.718. The third-order valence-electron chi connectivity index (χ3n) is 2.59. The molecule has 2 rings (SSSR count). The summed E-state index contributed by atoms with van der Waals surface area (Å²) in [5, 5.41) is 16.7. The van der Waals surface area contributed by atoms with E-state index < -0.39 is 10.8 Å². The number of aryl methyl sites for hydroxylation is 1. The number of non-ortho nitro benzene ring substituents is 1. The van der Waals surface area contributed by atoms with Crippen molar-refractivity contribution in [2.45, 2.75) is 13.3 Å². The second-order valence-corrected chi connectivity index (χ2v) is 3.98. The molecule has 0 fully saturated rings. The van der Waals surface area contributed by atoms with Crippen LogP contribution in [-0.2, 0) is 9.59 Å². The Morgan fingerprint density at radius 2 is 2.26 bits per heavy atom. The van der Waals surface area contributed by atoms with Gasteiger partial charge in [0.2, 0.25) is 5.91 Å². The molecular formula is C11H10N4O4. The molecule has 2 amide bonds. The van der Waals surface area contributed by atoms with Gasteiger partial charge in [0.1, 0.15) is 5.71 Å². The molecule has 2 N–H and O–H groups in total. The van der Waals surface area contributed by atoms with E-state index in [0.717, 1.165) is 0 Å². The summed E-state index contributed by atoms with van der Waals surface area (Å²) in [5.74, 6) is -0.914. The highest BCUT2D eigenvalue weighted by Gasteiger charge is 2.22. The Balaban J connectivity index is 2.19. The van der Waals surface area contributed by atoms with Crippen molar-refractivity contribution < 1.29 is 14.5 Å². The number of nitro benzene ring substituents is 1. The molecule has 0 spiro atoms. The maximum absolute atomic E-state index is 11.8. The van der Waals surface area contributed by atoms with Gasteiger partial charge in [0.15, 0.2) is 0 Å². The van der Waals surface area contributed by atoms with Crippen LogP contribution in [0.3, 0.4) is 0 Å². The van der Waals surface area contributed by atoms with Gasteiger partial charge >= 0.3 is 0 Å². The molecule has 0 radical (unpaired) electrons. The second-order valence-electron chi connectivity index (χ2n) is 3.98. The maximum atomic E-state index is 11.8. The quantitative estimate of drug-likeness (QED) is 0.616. The summed E-state index contributed by atoms with van der Waals surface area (Å²) in [5.41, 5.74) is 3.09. The number of amides is 2. The molecule has 0 atom stereocenters. The van der Waals surface area contributed by atoms with Gasteiger partial charge in [-0.3, -0.25) is 19.7 Å². The van der Waals surface area contributed by atoms with Crippen LogP contribution < -0.4 is 10.7 Å². The van der Waals surface area contributed by atoms with E-state index in [9.17, 15) is 19.7 Å². The number of hydrazone groups is 1.